The van der Waals surface area contributed by atoms with Crippen LogP contribution >= 0.6 is 22.9 Å². The lowest BCUT2D eigenvalue weighted by Gasteiger charge is -1.97. The zero-order chi connectivity index (χ0) is 10.8. The van der Waals surface area contributed by atoms with Gasteiger partial charge in [0.1, 0.15) is 9.90 Å². The van der Waals surface area contributed by atoms with Gasteiger partial charge in [-0.3, -0.25) is 4.68 Å². The van der Waals surface area contributed by atoms with Crippen molar-refractivity contribution in [2.75, 3.05) is 0 Å². The highest BCUT2D eigenvalue weighted by Gasteiger charge is 2.14. The minimum absolute atomic E-state index is 0.137. The minimum atomic E-state index is -0.439. The summed E-state index contributed by atoms with van der Waals surface area (Å²) in [6, 6.07) is 3.46. The van der Waals surface area contributed by atoms with Crippen molar-refractivity contribution in [1.82, 2.24) is 9.78 Å². The van der Waals surface area contributed by atoms with Crippen molar-refractivity contribution in [2.24, 2.45) is 7.05 Å². The van der Waals surface area contributed by atoms with Crippen LogP contribution in [-0.4, -0.2) is 15.7 Å². The second-order valence-electron chi connectivity index (χ2n) is 2.82. The normalized spacial score (nSPS) is 10.3. The molecule has 0 aliphatic rings. The molecule has 2 aromatic rings. The van der Waals surface area contributed by atoms with Gasteiger partial charge in [-0.25, -0.2) is 4.79 Å². The molecule has 2 heterocycles. The summed E-state index contributed by atoms with van der Waals surface area (Å²) in [4.78, 5) is 12.0. The van der Waals surface area contributed by atoms with Crippen molar-refractivity contribution in [3.05, 3.63) is 33.6 Å². The fraction of sp³-hybridized carbons (Fsp3) is 0.111. The highest BCUT2D eigenvalue weighted by molar-refractivity contribution is 7.12. The van der Waals surface area contributed by atoms with Gasteiger partial charge in [-0.2, -0.15) is 0 Å². The summed E-state index contributed by atoms with van der Waals surface area (Å²) in [6.45, 7) is 0. The minimum Gasteiger partial charge on any atom is -0.400 e. The third-order valence-corrected chi connectivity index (χ3v) is 2.77. The SMILES string of the molecule is Cn1cc(Cl)c(OC(=O)c2cccs2)n1. The Morgan fingerprint density at radius 1 is 1.67 bits per heavy atom. The first-order valence-electron chi connectivity index (χ1n) is 4.11. The van der Waals surface area contributed by atoms with Crippen LogP contribution in [0.3, 0.4) is 0 Å². The molecular formula is C9H7ClN2O2S. The molecule has 0 amide bonds. The summed E-state index contributed by atoms with van der Waals surface area (Å²) in [6.07, 6.45) is 1.57. The molecule has 0 aliphatic carbocycles. The molecule has 0 radical (unpaired) electrons. The van der Waals surface area contributed by atoms with E-state index in [1.165, 1.54) is 16.0 Å². The number of hydrogen-bond donors (Lipinski definition) is 0. The van der Waals surface area contributed by atoms with Crippen LogP contribution in [0.25, 0.3) is 0 Å². The second-order valence-corrected chi connectivity index (χ2v) is 4.18. The lowest BCUT2D eigenvalue weighted by molar-refractivity contribution is 0.0732. The number of hydrogen-bond acceptors (Lipinski definition) is 4. The first-order valence-corrected chi connectivity index (χ1v) is 5.37. The van der Waals surface area contributed by atoms with E-state index in [1.807, 2.05) is 0 Å². The van der Waals surface area contributed by atoms with Crippen molar-refractivity contribution < 1.29 is 9.53 Å². The van der Waals surface area contributed by atoms with E-state index in [1.54, 1.807) is 30.8 Å². The van der Waals surface area contributed by atoms with E-state index in [0.29, 0.717) is 9.90 Å². The topological polar surface area (TPSA) is 44.1 Å². The molecule has 0 atom stereocenters. The summed E-state index contributed by atoms with van der Waals surface area (Å²) in [7, 11) is 1.70. The number of ether oxygens (including phenoxy) is 1. The van der Waals surface area contributed by atoms with E-state index in [2.05, 4.69) is 5.10 Å². The first-order chi connectivity index (χ1) is 7.16. The lowest BCUT2D eigenvalue weighted by atomic mass is 10.5. The summed E-state index contributed by atoms with van der Waals surface area (Å²) < 4.78 is 6.50. The number of esters is 1. The van der Waals surface area contributed by atoms with E-state index < -0.39 is 5.97 Å². The highest BCUT2D eigenvalue weighted by atomic mass is 35.5. The average molecular weight is 243 g/mol. The summed E-state index contributed by atoms with van der Waals surface area (Å²) >= 11 is 7.10. The number of aryl methyl sites for hydroxylation is 1. The molecule has 0 saturated heterocycles. The standard InChI is InChI=1S/C9H7ClN2O2S/c1-12-5-6(10)8(11-12)14-9(13)7-3-2-4-15-7/h2-5H,1H3. The van der Waals surface area contributed by atoms with Gasteiger partial charge in [0, 0.05) is 13.2 Å². The molecule has 2 aromatic heterocycles. The van der Waals surface area contributed by atoms with Crippen LogP contribution in [0.1, 0.15) is 9.67 Å². The number of thiophene rings is 1. The van der Waals surface area contributed by atoms with E-state index in [0.717, 1.165) is 0 Å². The summed E-state index contributed by atoms with van der Waals surface area (Å²) in [5.41, 5.74) is 0. The molecule has 0 aromatic carbocycles. The van der Waals surface area contributed by atoms with Crippen LogP contribution < -0.4 is 4.74 Å². The Hall–Kier alpha value is -1.33. The van der Waals surface area contributed by atoms with Gasteiger partial charge >= 0.3 is 5.97 Å². The quantitative estimate of drug-likeness (QED) is 0.760. The Bertz CT molecular complexity index is 478. The fourth-order valence-corrected chi connectivity index (χ4v) is 1.86. The second kappa shape index (κ2) is 4.04. The number of rotatable bonds is 2. The molecule has 4 nitrogen and oxygen atoms in total. The first kappa shape index (κ1) is 10.2. The number of halogens is 1. The van der Waals surface area contributed by atoms with Gasteiger partial charge in [-0.05, 0) is 11.4 Å². The molecule has 0 N–H and O–H groups in total. The van der Waals surface area contributed by atoms with Gasteiger partial charge in [0.05, 0.1) is 0 Å². The third-order valence-electron chi connectivity index (χ3n) is 1.66. The zero-order valence-corrected chi connectivity index (χ0v) is 9.38. The molecule has 0 spiro atoms. The molecule has 0 bridgehead atoms. The Morgan fingerprint density at radius 2 is 2.47 bits per heavy atom. The number of carbonyl (C=O) groups excluding carboxylic acids is 1. The average Bonchev–Trinajstić information content (AvgIpc) is 2.76. The molecule has 6 heteroatoms. The Kier molecular flexibility index (Phi) is 2.75. The van der Waals surface area contributed by atoms with Crippen molar-refractivity contribution in [3.8, 4) is 5.88 Å². The van der Waals surface area contributed by atoms with Gasteiger partial charge in [0.15, 0.2) is 0 Å². The Morgan fingerprint density at radius 3 is 3.00 bits per heavy atom. The van der Waals surface area contributed by atoms with Gasteiger partial charge in [-0.15, -0.1) is 16.4 Å². The zero-order valence-electron chi connectivity index (χ0n) is 7.81. The number of aromatic nitrogens is 2. The van der Waals surface area contributed by atoms with Crippen molar-refractivity contribution in [3.63, 3.8) is 0 Å². The van der Waals surface area contributed by atoms with E-state index >= 15 is 0 Å². The molecule has 0 saturated carbocycles. The molecule has 78 valence electrons. The van der Waals surface area contributed by atoms with Crippen molar-refractivity contribution in [2.45, 2.75) is 0 Å². The molecule has 0 fully saturated rings. The van der Waals surface area contributed by atoms with Gasteiger partial charge < -0.3 is 4.74 Å². The Balaban J connectivity index is 2.16. The predicted octanol–water partition coefficient (Wildman–Crippen LogP) is 2.35. The highest BCUT2D eigenvalue weighted by Crippen LogP contribution is 2.22. The predicted molar refractivity (Wildman–Crippen MR) is 57.5 cm³/mol. The van der Waals surface area contributed by atoms with E-state index in [9.17, 15) is 4.79 Å². The molecular weight excluding hydrogens is 236 g/mol. The smallest absolute Gasteiger partial charge is 0.355 e. The van der Waals surface area contributed by atoms with Crippen LogP contribution in [0.15, 0.2) is 23.7 Å². The van der Waals surface area contributed by atoms with Crippen molar-refractivity contribution >= 4 is 28.9 Å². The van der Waals surface area contributed by atoms with Crippen LogP contribution in [-0.2, 0) is 7.05 Å². The van der Waals surface area contributed by atoms with Gasteiger partial charge in [0.25, 0.3) is 5.88 Å². The fourth-order valence-electron chi connectivity index (χ4n) is 1.04. The maximum atomic E-state index is 11.5. The number of nitrogens with zero attached hydrogens (tertiary/aromatic N) is 2. The van der Waals surface area contributed by atoms with Gasteiger partial charge in [0.2, 0.25) is 0 Å². The Labute approximate surface area is 95.0 Å². The van der Waals surface area contributed by atoms with Crippen LogP contribution in [0.4, 0.5) is 0 Å². The monoisotopic (exact) mass is 242 g/mol. The largest absolute Gasteiger partial charge is 0.400 e. The summed E-state index contributed by atoms with van der Waals surface area (Å²) in [5.74, 6) is -0.303. The molecule has 2 rings (SSSR count). The van der Waals surface area contributed by atoms with Crippen molar-refractivity contribution in [1.29, 1.82) is 0 Å². The third kappa shape index (κ3) is 2.19. The maximum Gasteiger partial charge on any atom is 0.355 e. The summed E-state index contributed by atoms with van der Waals surface area (Å²) in [5, 5.41) is 6.03. The maximum absolute atomic E-state index is 11.5. The van der Waals surface area contributed by atoms with Crippen LogP contribution in [0, 0.1) is 0 Å². The van der Waals surface area contributed by atoms with Crippen LogP contribution in [0.2, 0.25) is 5.02 Å². The van der Waals surface area contributed by atoms with Crippen LogP contribution in [0.5, 0.6) is 5.88 Å². The van der Waals surface area contributed by atoms with E-state index in [4.69, 9.17) is 16.3 Å². The molecule has 0 unspecified atom stereocenters. The number of carbonyl (C=O) groups is 1. The lowest BCUT2D eigenvalue weighted by Crippen LogP contribution is -2.07. The molecule has 15 heavy (non-hydrogen) atoms. The van der Waals surface area contributed by atoms with E-state index in [-0.39, 0.29) is 5.88 Å². The molecule has 0 aliphatic heterocycles. The van der Waals surface area contributed by atoms with Gasteiger partial charge in [-0.1, -0.05) is 17.7 Å².